The Kier molecular flexibility index (Phi) is 6.22. The summed E-state index contributed by atoms with van der Waals surface area (Å²) >= 11 is 0. The fraction of sp³-hybridized carbons (Fsp3) is 0.500. The molecule has 0 spiro atoms. The van der Waals surface area contributed by atoms with Crippen molar-refractivity contribution in [3.63, 3.8) is 0 Å². The smallest absolute Gasteiger partial charge is 0.326 e. The van der Waals surface area contributed by atoms with Crippen LogP contribution in [0.15, 0.2) is 24.3 Å². The summed E-state index contributed by atoms with van der Waals surface area (Å²) < 4.78 is 0. The van der Waals surface area contributed by atoms with E-state index in [2.05, 4.69) is 5.32 Å². The summed E-state index contributed by atoms with van der Waals surface area (Å²) in [4.78, 5) is 23.0. The van der Waals surface area contributed by atoms with Crippen LogP contribution in [-0.2, 0) is 16.0 Å². The zero-order valence-corrected chi connectivity index (χ0v) is 12.3. The second-order valence-electron chi connectivity index (χ2n) is 5.26. The number of carboxylic acid groups (broad SMARTS) is 1. The predicted molar refractivity (Wildman–Crippen MR) is 78.5 cm³/mol. The van der Waals surface area contributed by atoms with Gasteiger partial charge in [-0.05, 0) is 24.8 Å². The average molecular weight is 277 g/mol. The Morgan fingerprint density at radius 1 is 1.35 bits per heavy atom. The third kappa shape index (κ3) is 5.03. The van der Waals surface area contributed by atoms with Crippen molar-refractivity contribution in [1.29, 1.82) is 0 Å². The van der Waals surface area contributed by atoms with Gasteiger partial charge in [-0.2, -0.15) is 0 Å². The van der Waals surface area contributed by atoms with Gasteiger partial charge in [0.15, 0.2) is 0 Å². The maximum Gasteiger partial charge on any atom is 0.326 e. The molecule has 1 unspecified atom stereocenters. The molecule has 1 aromatic rings. The molecule has 20 heavy (non-hydrogen) atoms. The molecule has 0 aliphatic carbocycles. The standard InChI is InChI=1S/C16H23NO3/c1-4-12(3)15(16(19)20)17-14(18)9-8-13-7-5-6-11(2)10-13/h5-7,10,12,15H,4,8-9H2,1-3H3,(H,17,18)(H,19,20)/t12?,15-/m0/s1. The van der Waals surface area contributed by atoms with Crippen molar-refractivity contribution in [2.45, 2.75) is 46.1 Å². The summed E-state index contributed by atoms with van der Waals surface area (Å²) in [6.45, 7) is 5.76. The maximum absolute atomic E-state index is 11.9. The van der Waals surface area contributed by atoms with Crippen molar-refractivity contribution in [2.75, 3.05) is 0 Å². The van der Waals surface area contributed by atoms with Crippen molar-refractivity contribution in [3.05, 3.63) is 35.4 Å². The molecular weight excluding hydrogens is 254 g/mol. The molecular formula is C16H23NO3. The number of hydrogen-bond donors (Lipinski definition) is 2. The van der Waals surface area contributed by atoms with Gasteiger partial charge >= 0.3 is 5.97 Å². The molecule has 0 radical (unpaired) electrons. The number of carbonyl (C=O) groups excluding carboxylic acids is 1. The van der Waals surface area contributed by atoms with E-state index in [4.69, 9.17) is 5.11 Å². The van der Waals surface area contributed by atoms with Gasteiger partial charge in [-0.25, -0.2) is 4.79 Å². The first-order valence-corrected chi connectivity index (χ1v) is 7.01. The van der Waals surface area contributed by atoms with E-state index in [9.17, 15) is 9.59 Å². The summed E-state index contributed by atoms with van der Waals surface area (Å²) in [5.41, 5.74) is 2.25. The highest BCUT2D eigenvalue weighted by Crippen LogP contribution is 2.10. The van der Waals surface area contributed by atoms with E-state index in [1.165, 1.54) is 0 Å². The lowest BCUT2D eigenvalue weighted by molar-refractivity contribution is -0.143. The molecule has 4 nitrogen and oxygen atoms in total. The summed E-state index contributed by atoms with van der Waals surface area (Å²) in [7, 11) is 0. The Hall–Kier alpha value is -1.84. The quantitative estimate of drug-likeness (QED) is 0.805. The predicted octanol–water partition coefficient (Wildman–Crippen LogP) is 2.54. The number of amides is 1. The Morgan fingerprint density at radius 3 is 2.60 bits per heavy atom. The molecule has 0 saturated carbocycles. The van der Waals surface area contributed by atoms with Gasteiger partial charge in [-0.15, -0.1) is 0 Å². The summed E-state index contributed by atoms with van der Waals surface area (Å²) in [6.07, 6.45) is 1.65. The van der Waals surface area contributed by atoms with Gasteiger partial charge in [0.05, 0.1) is 0 Å². The molecule has 2 atom stereocenters. The lowest BCUT2D eigenvalue weighted by Gasteiger charge is -2.20. The topological polar surface area (TPSA) is 66.4 Å². The lowest BCUT2D eigenvalue weighted by atomic mass is 9.99. The minimum absolute atomic E-state index is 0.0737. The van der Waals surface area contributed by atoms with Crippen LogP contribution in [0.2, 0.25) is 0 Å². The molecule has 1 rings (SSSR count). The Morgan fingerprint density at radius 2 is 2.05 bits per heavy atom. The van der Waals surface area contributed by atoms with E-state index in [1.807, 2.05) is 45.0 Å². The molecule has 0 heterocycles. The van der Waals surface area contributed by atoms with Crippen LogP contribution in [0.1, 0.15) is 37.8 Å². The second-order valence-corrected chi connectivity index (χ2v) is 5.26. The molecule has 0 bridgehead atoms. The highest BCUT2D eigenvalue weighted by Gasteiger charge is 2.24. The molecule has 0 aromatic heterocycles. The van der Waals surface area contributed by atoms with E-state index >= 15 is 0 Å². The first-order chi connectivity index (χ1) is 9.43. The van der Waals surface area contributed by atoms with Crippen molar-refractivity contribution >= 4 is 11.9 Å². The fourth-order valence-electron chi connectivity index (χ4n) is 2.05. The zero-order valence-electron chi connectivity index (χ0n) is 12.3. The number of carbonyl (C=O) groups is 2. The van der Waals surface area contributed by atoms with Gasteiger partial charge in [0.2, 0.25) is 5.91 Å². The third-order valence-corrected chi connectivity index (χ3v) is 3.52. The summed E-state index contributed by atoms with van der Waals surface area (Å²) in [6, 6.07) is 7.18. The van der Waals surface area contributed by atoms with Gasteiger partial charge in [-0.3, -0.25) is 4.79 Å². The largest absolute Gasteiger partial charge is 0.480 e. The Bertz CT molecular complexity index is 471. The van der Waals surface area contributed by atoms with Crippen molar-refractivity contribution in [3.8, 4) is 0 Å². The lowest BCUT2D eigenvalue weighted by Crippen LogP contribution is -2.45. The Labute approximate surface area is 120 Å². The van der Waals surface area contributed by atoms with Crippen molar-refractivity contribution in [2.24, 2.45) is 5.92 Å². The zero-order chi connectivity index (χ0) is 15.1. The van der Waals surface area contributed by atoms with Crippen LogP contribution in [0, 0.1) is 12.8 Å². The molecule has 0 aliphatic rings. The van der Waals surface area contributed by atoms with E-state index in [-0.39, 0.29) is 11.8 Å². The number of benzene rings is 1. The normalized spacial score (nSPS) is 13.6. The highest BCUT2D eigenvalue weighted by molar-refractivity contribution is 5.83. The molecule has 0 saturated heterocycles. The maximum atomic E-state index is 11.9. The van der Waals surface area contributed by atoms with E-state index in [1.54, 1.807) is 0 Å². The molecule has 0 fully saturated rings. The van der Waals surface area contributed by atoms with Crippen LogP contribution in [0.25, 0.3) is 0 Å². The first-order valence-electron chi connectivity index (χ1n) is 7.01. The third-order valence-electron chi connectivity index (χ3n) is 3.52. The second kappa shape index (κ2) is 7.68. The minimum Gasteiger partial charge on any atom is -0.480 e. The molecule has 4 heteroatoms. The number of rotatable bonds is 7. The van der Waals surface area contributed by atoms with Crippen LogP contribution in [0.4, 0.5) is 0 Å². The van der Waals surface area contributed by atoms with Gasteiger partial charge in [-0.1, -0.05) is 50.1 Å². The van der Waals surface area contributed by atoms with Gasteiger partial charge < -0.3 is 10.4 Å². The minimum atomic E-state index is -0.969. The monoisotopic (exact) mass is 277 g/mol. The fourth-order valence-corrected chi connectivity index (χ4v) is 2.05. The van der Waals surface area contributed by atoms with Crippen LogP contribution >= 0.6 is 0 Å². The van der Waals surface area contributed by atoms with Crippen molar-refractivity contribution < 1.29 is 14.7 Å². The summed E-state index contributed by atoms with van der Waals surface area (Å²) in [5.74, 6) is -1.25. The van der Waals surface area contributed by atoms with E-state index in [0.717, 1.165) is 17.5 Å². The molecule has 2 N–H and O–H groups in total. The SMILES string of the molecule is CCC(C)[C@H](NC(=O)CCc1cccc(C)c1)C(=O)O. The van der Waals surface area contributed by atoms with E-state index in [0.29, 0.717) is 12.8 Å². The number of aryl methyl sites for hydroxylation is 2. The van der Waals surface area contributed by atoms with Crippen molar-refractivity contribution in [1.82, 2.24) is 5.32 Å². The van der Waals surface area contributed by atoms with Gasteiger partial charge in [0.1, 0.15) is 6.04 Å². The molecule has 0 aliphatic heterocycles. The molecule has 110 valence electrons. The highest BCUT2D eigenvalue weighted by atomic mass is 16.4. The number of aliphatic carboxylic acids is 1. The van der Waals surface area contributed by atoms with Gasteiger partial charge in [0, 0.05) is 6.42 Å². The number of hydrogen-bond acceptors (Lipinski definition) is 2. The summed E-state index contributed by atoms with van der Waals surface area (Å²) in [5, 5.41) is 11.7. The van der Waals surface area contributed by atoms with Crippen LogP contribution in [0.3, 0.4) is 0 Å². The molecule has 1 aromatic carbocycles. The van der Waals surface area contributed by atoms with Crippen LogP contribution in [-0.4, -0.2) is 23.0 Å². The number of carboxylic acids is 1. The van der Waals surface area contributed by atoms with Crippen LogP contribution in [0.5, 0.6) is 0 Å². The molecule has 1 amide bonds. The average Bonchev–Trinajstić information content (AvgIpc) is 2.41. The first kappa shape index (κ1) is 16.2. The van der Waals surface area contributed by atoms with Gasteiger partial charge in [0.25, 0.3) is 0 Å². The Balaban J connectivity index is 2.52. The van der Waals surface area contributed by atoms with E-state index < -0.39 is 12.0 Å². The van der Waals surface area contributed by atoms with Crippen LogP contribution < -0.4 is 5.32 Å². The number of nitrogens with one attached hydrogen (secondary N) is 1.